The van der Waals surface area contributed by atoms with Crippen molar-refractivity contribution in [3.63, 3.8) is 0 Å². The molecule has 4 heterocycles. The van der Waals surface area contributed by atoms with Crippen LogP contribution in [0.4, 0.5) is 10.2 Å². The number of H-pyrrole nitrogens is 1. The van der Waals surface area contributed by atoms with Gasteiger partial charge in [-0.3, -0.25) is 14.7 Å². The third-order valence-electron chi connectivity index (χ3n) is 6.75. The van der Waals surface area contributed by atoms with Crippen molar-refractivity contribution in [2.75, 3.05) is 18.0 Å². The summed E-state index contributed by atoms with van der Waals surface area (Å²) < 4.78 is 20.5. The van der Waals surface area contributed by atoms with E-state index in [1.807, 2.05) is 26.8 Å². The molecule has 202 valence electrons. The zero-order chi connectivity index (χ0) is 27.7. The molecule has 1 atom stereocenters. The van der Waals surface area contributed by atoms with Crippen LogP contribution >= 0.6 is 0 Å². The molecule has 0 radical (unpaired) electrons. The number of benzene rings is 1. The molecule has 1 aliphatic heterocycles. The number of hydrogen-bond donors (Lipinski definition) is 3. The molecule has 1 saturated heterocycles. The van der Waals surface area contributed by atoms with Crippen LogP contribution in [0.5, 0.6) is 0 Å². The largest absolute Gasteiger partial charge is 0.360 e. The van der Waals surface area contributed by atoms with Crippen molar-refractivity contribution in [2.24, 2.45) is 0 Å². The molecule has 0 saturated carbocycles. The van der Waals surface area contributed by atoms with Gasteiger partial charge in [-0.2, -0.15) is 5.10 Å². The number of rotatable bonds is 7. The first-order valence-electron chi connectivity index (χ1n) is 12.7. The molecule has 0 unspecified atom stereocenters. The number of nitrogens with one attached hydrogen (secondary N) is 3. The van der Waals surface area contributed by atoms with E-state index in [-0.39, 0.29) is 29.6 Å². The second-order valence-corrected chi connectivity index (χ2v) is 10.6. The molecule has 2 amide bonds. The Balaban J connectivity index is 1.34. The summed E-state index contributed by atoms with van der Waals surface area (Å²) in [5, 5.41) is 17.7. The van der Waals surface area contributed by atoms with E-state index in [1.54, 1.807) is 24.4 Å². The summed E-state index contributed by atoms with van der Waals surface area (Å²) in [6, 6.07) is 8.30. The molecule has 39 heavy (non-hydrogen) atoms. The van der Waals surface area contributed by atoms with E-state index in [0.29, 0.717) is 41.4 Å². The fraction of sp³-hybridized carbons (Fsp3) is 0.321. The standard InChI is InChI=1S/C28H30FN7O3/c1-5-23(37)32-18-9-11-36(15-18)26-24-19(8-10-30-25(24)33-34-26)16-6-7-17(20(29)12-16)14-31-27(38)21-13-22(39-35-21)28(2,3)4/h5-8,10,12-13,18H,1,9,11,14-15H2,2-4H3,(H,31,38)(H,32,37)(H,30,33,34)/t18-/m1/s1. The van der Waals surface area contributed by atoms with Gasteiger partial charge in [0, 0.05) is 48.9 Å². The lowest BCUT2D eigenvalue weighted by atomic mass is 9.93. The third-order valence-corrected chi connectivity index (χ3v) is 6.75. The fourth-order valence-corrected chi connectivity index (χ4v) is 4.59. The molecule has 11 heteroatoms. The van der Waals surface area contributed by atoms with Crippen molar-refractivity contribution in [3.8, 4) is 11.1 Å². The molecule has 10 nitrogen and oxygen atoms in total. The molecule has 3 aromatic heterocycles. The van der Waals surface area contributed by atoms with Crippen LogP contribution < -0.4 is 15.5 Å². The highest BCUT2D eigenvalue weighted by Gasteiger charge is 2.28. The van der Waals surface area contributed by atoms with Crippen LogP contribution in [0.2, 0.25) is 0 Å². The van der Waals surface area contributed by atoms with Gasteiger partial charge in [0.25, 0.3) is 5.91 Å². The Morgan fingerprint density at radius 3 is 2.82 bits per heavy atom. The second kappa shape index (κ2) is 10.3. The van der Waals surface area contributed by atoms with Crippen molar-refractivity contribution in [3.05, 3.63) is 72.0 Å². The van der Waals surface area contributed by atoms with E-state index in [2.05, 4.69) is 42.5 Å². The molecule has 0 aliphatic carbocycles. The van der Waals surface area contributed by atoms with E-state index >= 15 is 4.39 Å². The van der Waals surface area contributed by atoms with Gasteiger partial charge in [-0.05, 0) is 35.8 Å². The first-order valence-corrected chi connectivity index (χ1v) is 12.7. The van der Waals surface area contributed by atoms with E-state index in [4.69, 9.17) is 4.52 Å². The van der Waals surface area contributed by atoms with Gasteiger partial charge in [0.2, 0.25) is 5.91 Å². The monoisotopic (exact) mass is 531 g/mol. The highest BCUT2D eigenvalue weighted by Crippen LogP contribution is 2.35. The maximum Gasteiger partial charge on any atom is 0.273 e. The number of halogens is 1. The minimum Gasteiger partial charge on any atom is -0.360 e. The Labute approximate surface area is 224 Å². The van der Waals surface area contributed by atoms with Crippen LogP contribution in [0, 0.1) is 5.82 Å². The maximum atomic E-state index is 15.2. The van der Waals surface area contributed by atoms with Crippen LogP contribution in [0.1, 0.15) is 49.0 Å². The number of anilines is 1. The zero-order valence-corrected chi connectivity index (χ0v) is 22.0. The van der Waals surface area contributed by atoms with Crippen LogP contribution in [0.25, 0.3) is 22.2 Å². The minimum atomic E-state index is -0.452. The van der Waals surface area contributed by atoms with Crippen LogP contribution in [-0.2, 0) is 16.8 Å². The summed E-state index contributed by atoms with van der Waals surface area (Å²) in [5.41, 5.74) is 2.22. The first kappa shape index (κ1) is 26.1. The number of hydrogen-bond acceptors (Lipinski definition) is 7. The number of amides is 2. The molecular weight excluding hydrogens is 501 g/mol. The van der Waals surface area contributed by atoms with Crippen LogP contribution in [0.3, 0.4) is 0 Å². The maximum absolute atomic E-state index is 15.2. The Kier molecular flexibility index (Phi) is 6.90. The van der Waals surface area contributed by atoms with Gasteiger partial charge in [0.05, 0.1) is 5.39 Å². The summed E-state index contributed by atoms with van der Waals surface area (Å²) in [4.78, 5) is 30.7. The normalized spacial score (nSPS) is 15.5. The molecular formula is C28H30FN7O3. The SMILES string of the molecule is C=CC(=O)N[C@@H]1CCN(c2n[nH]c3nccc(-c4ccc(CNC(=O)c5cc(C(C)(C)C)on5)c(F)c4)c23)C1. The number of fused-ring (bicyclic) bond motifs is 1. The summed E-state index contributed by atoms with van der Waals surface area (Å²) >= 11 is 0. The van der Waals surface area contributed by atoms with Crippen molar-refractivity contribution in [1.82, 2.24) is 31.0 Å². The summed E-state index contributed by atoms with van der Waals surface area (Å²) in [5.74, 6) is 0.189. The van der Waals surface area contributed by atoms with Crippen LogP contribution in [-0.4, -0.2) is 51.3 Å². The van der Waals surface area contributed by atoms with Crippen LogP contribution in [0.15, 0.2) is 53.7 Å². The topological polar surface area (TPSA) is 129 Å². The van der Waals surface area contributed by atoms with Gasteiger partial charge >= 0.3 is 0 Å². The predicted molar refractivity (Wildman–Crippen MR) is 145 cm³/mol. The summed E-state index contributed by atoms with van der Waals surface area (Å²) in [7, 11) is 0. The number of nitrogens with zero attached hydrogens (tertiary/aromatic N) is 4. The second-order valence-electron chi connectivity index (χ2n) is 10.6. The molecule has 0 bridgehead atoms. The van der Waals surface area contributed by atoms with E-state index < -0.39 is 11.7 Å². The van der Waals surface area contributed by atoms with E-state index in [0.717, 1.165) is 17.4 Å². The molecule has 1 aliphatic rings. The number of carbonyl (C=O) groups excluding carboxylic acids is 2. The predicted octanol–water partition coefficient (Wildman–Crippen LogP) is 3.86. The van der Waals surface area contributed by atoms with Crippen molar-refractivity contribution >= 4 is 28.7 Å². The van der Waals surface area contributed by atoms with Crippen molar-refractivity contribution in [2.45, 2.75) is 45.2 Å². The summed E-state index contributed by atoms with van der Waals surface area (Å²) in [6.07, 6.45) is 3.67. The number of aromatic nitrogens is 4. The first-order chi connectivity index (χ1) is 18.6. The van der Waals surface area contributed by atoms with Gasteiger partial charge in [-0.25, -0.2) is 9.37 Å². The lowest BCUT2D eigenvalue weighted by Gasteiger charge is -2.17. The number of carbonyl (C=O) groups is 2. The molecule has 4 aromatic rings. The average molecular weight is 532 g/mol. The lowest BCUT2D eigenvalue weighted by molar-refractivity contribution is -0.117. The summed E-state index contributed by atoms with van der Waals surface area (Å²) in [6.45, 7) is 10.7. The Bertz CT molecular complexity index is 1550. The Hall–Kier alpha value is -4.54. The molecule has 1 aromatic carbocycles. The quantitative estimate of drug-likeness (QED) is 0.309. The molecule has 1 fully saturated rings. The van der Waals surface area contributed by atoms with Crippen molar-refractivity contribution in [1.29, 1.82) is 0 Å². The molecule has 3 N–H and O–H groups in total. The van der Waals surface area contributed by atoms with Gasteiger partial charge < -0.3 is 20.1 Å². The Morgan fingerprint density at radius 2 is 2.10 bits per heavy atom. The number of aromatic amines is 1. The lowest BCUT2D eigenvalue weighted by Crippen LogP contribution is -2.36. The minimum absolute atomic E-state index is 0.00301. The molecule has 0 spiro atoms. The van der Waals surface area contributed by atoms with E-state index in [9.17, 15) is 9.59 Å². The highest BCUT2D eigenvalue weighted by molar-refractivity contribution is 6.01. The zero-order valence-electron chi connectivity index (χ0n) is 22.0. The third kappa shape index (κ3) is 5.38. The Morgan fingerprint density at radius 1 is 1.28 bits per heavy atom. The van der Waals surface area contributed by atoms with Gasteiger partial charge in [0.15, 0.2) is 17.2 Å². The van der Waals surface area contributed by atoms with Gasteiger partial charge in [-0.1, -0.05) is 44.6 Å². The average Bonchev–Trinajstić information content (AvgIpc) is 3.66. The fourth-order valence-electron chi connectivity index (χ4n) is 4.59. The smallest absolute Gasteiger partial charge is 0.273 e. The van der Waals surface area contributed by atoms with E-state index in [1.165, 1.54) is 12.1 Å². The van der Waals surface area contributed by atoms with Gasteiger partial charge in [-0.15, -0.1) is 0 Å². The molecule has 5 rings (SSSR count). The highest BCUT2D eigenvalue weighted by atomic mass is 19.1. The van der Waals surface area contributed by atoms with Gasteiger partial charge in [0.1, 0.15) is 11.6 Å². The van der Waals surface area contributed by atoms with Crippen molar-refractivity contribution < 1.29 is 18.5 Å². The number of pyridine rings is 1.